The van der Waals surface area contributed by atoms with E-state index in [9.17, 15) is 4.79 Å². The van der Waals surface area contributed by atoms with Crippen molar-refractivity contribution in [3.63, 3.8) is 0 Å². The normalized spacial score (nSPS) is 41.7. The van der Waals surface area contributed by atoms with E-state index in [4.69, 9.17) is 0 Å². The lowest BCUT2D eigenvalue weighted by atomic mass is 9.51. The Bertz CT molecular complexity index is 526. The minimum absolute atomic E-state index is 0.385. The first kappa shape index (κ1) is 17.0. The monoisotopic (exact) mass is 314 g/mol. The molecule has 0 saturated heterocycles. The summed E-state index contributed by atoms with van der Waals surface area (Å²) >= 11 is 0. The molecule has 0 amide bonds. The smallest absolute Gasteiger partial charge is 0.155 e. The van der Waals surface area contributed by atoms with E-state index < -0.39 is 0 Å². The van der Waals surface area contributed by atoms with Crippen LogP contribution in [0.25, 0.3) is 0 Å². The molecular formula is C22H34O. The number of hydrogen-bond donors (Lipinski definition) is 0. The summed E-state index contributed by atoms with van der Waals surface area (Å²) in [7, 11) is 0. The van der Waals surface area contributed by atoms with E-state index >= 15 is 0 Å². The highest BCUT2D eigenvalue weighted by Crippen LogP contribution is 2.62. The Hall–Kier alpha value is -0.850. The molecule has 1 heteroatoms. The third kappa shape index (κ3) is 2.65. The Morgan fingerprint density at radius 2 is 1.91 bits per heavy atom. The van der Waals surface area contributed by atoms with Crippen molar-refractivity contribution in [1.82, 2.24) is 0 Å². The van der Waals surface area contributed by atoms with Gasteiger partial charge in [-0.3, -0.25) is 4.79 Å². The lowest BCUT2D eigenvalue weighted by Gasteiger charge is -2.53. The van der Waals surface area contributed by atoms with Gasteiger partial charge in [-0.05, 0) is 80.1 Å². The van der Waals surface area contributed by atoms with Gasteiger partial charge < -0.3 is 0 Å². The summed E-state index contributed by atoms with van der Waals surface area (Å²) in [5.74, 6) is 3.82. The van der Waals surface area contributed by atoms with Gasteiger partial charge in [0.05, 0.1) is 0 Å². The molecular weight excluding hydrogens is 280 g/mol. The first-order chi connectivity index (χ1) is 11.1. The average Bonchev–Trinajstić information content (AvgIpc) is 2.92. The predicted molar refractivity (Wildman–Crippen MR) is 97.2 cm³/mol. The van der Waals surface area contributed by atoms with Crippen molar-refractivity contribution in [3.05, 3.63) is 23.3 Å². The number of allylic oxidation sites excluding steroid dienone is 4. The van der Waals surface area contributed by atoms with E-state index in [1.165, 1.54) is 44.1 Å². The van der Waals surface area contributed by atoms with Crippen LogP contribution in [0.3, 0.4) is 0 Å². The molecule has 4 aliphatic rings. The Kier molecular flexibility index (Phi) is 4.85. The summed E-state index contributed by atoms with van der Waals surface area (Å²) in [6, 6.07) is 0. The van der Waals surface area contributed by atoms with Gasteiger partial charge in [-0.25, -0.2) is 0 Å². The Labute approximate surface area is 142 Å². The second-order valence-electron chi connectivity index (χ2n) is 8.08. The molecule has 0 aromatic heterocycles. The maximum Gasteiger partial charge on any atom is 0.155 e. The van der Waals surface area contributed by atoms with Crippen molar-refractivity contribution in [2.45, 2.75) is 79.1 Å². The molecule has 0 bridgehead atoms. The quantitative estimate of drug-likeness (QED) is 0.534. The molecule has 0 heterocycles. The van der Waals surface area contributed by atoms with Crippen molar-refractivity contribution < 1.29 is 4.79 Å². The molecule has 128 valence electrons. The lowest BCUT2D eigenvalue weighted by Crippen LogP contribution is -2.45. The Morgan fingerprint density at radius 1 is 1.13 bits per heavy atom. The van der Waals surface area contributed by atoms with Gasteiger partial charge in [0.2, 0.25) is 0 Å². The molecule has 0 aromatic rings. The molecule has 5 atom stereocenters. The summed E-state index contributed by atoms with van der Waals surface area (Å²) in [5, 5.41) is 0. The SMILES string of the molecule is CC.CCC1=CCC2C3CCC4=CC(=O)CCC4C3CCC12C. The van der Waals surface area contributed by atoms with Crippen LogP contribution in [0, 0.1) is 29.1 Å². The van der Waals surface area contributed by atoms with Gasteiger partial charge in [0.1, 0.15) is 0 Å². The van der Waals surface area contributed by atoms with Crippen molar-refractivity contribution in [2.24, 2.45) is 29.1 Å². The fraction of sp³-hybridized carbons (Fsp3) is 0.773. The van der Waals surface area contributed by atoms with Crippen molar-refractivity contribution in [3.8, 4) is 0 Å². The molecule has 0 N–H and O–H groups in total. The van der Waals surface area contributed by atoms with E-state index in [1.807, 2.05) is 19.9 Å². The lowest BCUT2D eigenvalue weighted by molar-refractivity contribution is -0.116. The van der Waals surface area contributed by atoms with Gasteiger partial charge in [-0.15, -0.1) is 0 Å². The van der Waals surface area contributed by atoms with E-state index in [0.717, 1.165) is 36.5 Å². The predicted octanol–water partition coefficient (Wildman–Crippen LogP) is 6.10. The van der Waals surface area contributed by atoms with Gasteiger partial charge in [0.25, 0.3) is 0 Å². The molecule has 0 aromatic carbocycles. The number of fused-ring (bicyclic) bond motifs is 5. The number of carbonyl (C=O) groups is 1. The van der Waals surface area contributed by atoms with E-state index in [0.29, 0.717) is 11.2 Å². The Balaban J connectivity index is 0.000000753. The van der Waals surface area contributed by atoms with Crippen molar-refractivity contribution in [1.29, 1.82) is 0 Å². The van der Waals surface area contributed by atoms with Crippen molar-refractivity contribution in [2.75, 3.05) is 0 Å². The van der Waals surface area contributed by atoms with Crippen LogP contribution >= 0.6 is 0 Å². The number of ketones is 1. The zero-order valence-corrected chi connectivity index (χ0v) is 15.5. The van der Waals surface area contributed by atoms with Crippen molar-refractivity contribution >= 4 is 5.78 Å². The molecule has 4 rings (SSSR count). The summed E-state index contributed by atoms with van der Waals surface area (Å²) < 4.78 is 0. The highest BCUT2D eigenvalue weighted by molar-refractivity contribution is 5.91. The fourth-order valence-electron chi connectivity index (χ4n) is 6.38. The molecule has 2 saturated carbocycles. The largest absolute Gasteiger partial charge is 0.295 e. The molecule has 0 radical (unpaired) electrons. The van der Waals surface area contributed by atoms with Crippen LogP contribution in [0.4, 0.5) is 0 Å². The highest BCUT2D eigenvalue weighted by atomic mass is 16.1. The van der Waals surface area contributed by atoms with Gasteiger partial charge >= 0.3 is 0 Å². The molecule has 1 nitrogen and oxygen atoms in total. The third-order valence-electron chi connectivity index (χ3n) is 7.42. The molecule has 4 aliphatic carbocycles. The Morgan fingerprint density at radius 3 is 2.65 bits per heavy atom. The van der Waals surface area contributed by atoms with Gasteiger partial charge in [0, 0.05) is 6.42 Å². The van der Waals surface area contributed by atoms with Crippen LogP contribution < -0.4 is 0 Å². The fourth-order valence-corrected chi connectivity index (χ4v) is 6.38. The first-order valence-electron chi connectivity index (χ1n) is 10.1. The van der Waals surface area contributed by atoms with E-state index in [1.54, 1.807) is 5.57 Å². The van der Waals surface area contributed by atoms with Crippen LogP contribution in [0.1, 0.15) is 79.1 Å². The average molecular weight is 315 g/mol. The van der Waals surface area contributed by atoms with Gasteiger partial charge in [-0.2, -0.15) is 0 Å². The van der Waals surface area contributed by atoms with Crippen LogP contribution in [0.5, 0.6) is 0 Å². The maximum absolute atomic E-state index is 11.7. The standard InChI is InChI=1S/C20H28O.C2H6/c1-3-14-5-9-19-18-7-4-13-12-15(21)6-8-16(13)17(18)10-11-20(14,19)2;1-2/h5,12,16-19H,3-4,6-11H2,1-2H3;1-2H3. The minimum Gasteiger partial charge on any atom is -0.295 e. The summed E-state index contributed by atoms with van der Waals surface area (Å²) in [6.45, 7) is 8.88. The van der Waals surface area contributed by atoms with Crippen LogP contribution in [0.15, 0.2) is 23.3 Å². The second-order valence-corrected chi connectivity index (χ2v) is 8.08. The summed E-state index contributed by atoms with van der Waals surface area (Å²) in [5.41, 5.74) is 3.76. The van der Waals surface area contributed by atoms with Crippen LogP contribution in [0.2, 0.25) is 0 Å². The van der Waals surface area contributed by atoms with Gasteiger partial charge in [0.15, 0.2) is 5.78 Å². The number of rotatable bonds is 1. The molecule has 2 fully saturated rings. The van der Waals surface area contributed by atoms with E-state index in [-0.39, 0.29) is 0 Å². The molecule has 5 unspecified atom stereocenters. The van der Waals surface area contributed by atoms with Gasteiger partial charge in [-0.1, -0.05) is 44.9 Å². The molecule has 0 spiro atoms. The topological polar surface area (TPSA) is 17.1 Å². The summed E-state index contributed by atoms with van der Waals surface area (Å²) in [4.78, 5) is 11.7. The molecule has 0 aliphatic heterocycles. The van der Waals surface area contributed by atoms with Crippen LogP contribution in [-0.4, -0.2) is 5.78 Å². The zero-order valence-electron chi connectivity index (χ0n) is 15.5. The first-order valence-corrected chi connectivity index (χ1v) is 10.1. The third-order valence-corrected chi connectivity index (χ3v) is 7.42. The maximum atomic E-state index is 11.7. The van der Waals surface area contributed by atoms with E-state index in [2.05, 4.69) is 19.9 Å². The van der Waals surface area contributed by atoms with Crippen LogP contribution in [-0.2, 0) is 4.79 Å². The zero-order chi connectivity index (χ0) is 16.6. The second kappa shape index (κ2) is 6.57. The summed E-state index contributed by atoms with van der Waals surface area (Å²) in [6.07, 6.45) is 14.4. The highest BCUT2D eigenvalue weighted by Gasteiger charge is 2.52. The number of carbonyl (C=O) groups excluding carboxylic acids is 1. The number of hydrogen-bond acceptors (Lipinski definition) is 1. The minimum atomic E-state index is 0.385. The molecule has 23 heavy (non-hydrogen) atoms.